The Hall–Kier alpha value is -2.54. The molecule has 2 aromatic heterocycles. The molecule has 1 fully saturated rings. The lowest BCUT2D eigenvalue weighted by atomic mass is 9.86. The maximum atomic E-state index is 12.6. The highest BCUT2D eigenvalue weighted by molar-refractivity contribution is 7.99. The van der Waals surface area contributed by atoms with Gasteiger partial charge in [-0.15, -0.1) is 10.2 Å². The van der Waals surface area contributed by atoms with Gasteiger partial charge in [-0.2, -0.15) is 0 Å². The van der Waals surface area contributed by atoms with Crippen LogP contribution in [-0.4, -0.2) is 32.5 Å². The lowest BCUT2D eigenvalue weighted by molar-refractivity contribution is -0.119. The van der Waals surface area contributed by atoms with Gasteiger partial charge in [-0.3, -0.25) is 9.36 Å². The van der Waals surface area contributed by atoms with Crippen molar-refractivity contribution in [1.29, 1.82) is 0 Å². The van der Waals surface area contributed by atoms with Crippen LogP contribution in [0, 0.1) is 12.8 Å². The molecule has 0 radical (unpaired) electrons. The molecule has 1 N–H and O–H groups in total. The molecule has 7 heteroatoms. The molecule has 1 aliphatic carbocycles. The summed E-state index contributed by atoms with van der Waals surface area (Å²) < 4.78 is 7.57. The lowest BCUT2D eigenvalue weighted by Gasteiger charge is -2.29. The number of carbonyl (C=O) groups excluding carboxylic acids is 1. The molecule has 3 aromatic rings. The van der Waals surface area contributed by atoms with Crippen molar-refractivity contribution >= 4 is 17.7 Å². The fourth-order valence-electron chi connectivity index (χ4n) is 4.00. The zero-order valence-corrected chi connectivity index (χ0v) is 18.3. The van der Waals surface area contributed by atoms with Crippen molar-refractivity contribution in [2.45, 2.75) is 57.3 Å². The van der Waals surface area contributed by atoms with Crippen LogP contribution in [-0.2, 0) is 11.3 Å². The summed E-state index contributed by atoms with van der Waals surface area (Å²) >= 11 is 1.42. The van der Waals surface area contributed by atoms with E-state index in [1.165, 1.54) is 31.0 Å². The zero-order valence-electron chi connectivity index (χ0n) is 17.5. The van der Waals surface area contributed by atoms with Crippen LogP contribution >= 0.6 is 11.8 Å². The first-order chi connectivity index (χ1) is 14.6. The second-order valence-corrected chi connectivity index (χ2v) is 9.01. The van der Waals surface area contributed by atoms with Gasteiger partial charge in [0, 0.05) is 11.6 Å². The van der Waals surface area contributed by atoms with Gasteiger partial charge in [0.1, 0.15) is 5.76 Å². The fraction of sp³-hybridized carbons (Fsp3) is 0.435. The summed E-state index contributed by atoms with van der Waals surface area (Å²) in [5.41, 5.74) is 2.16. The normalized spacial score (nSPS) is 19.0. The summed E-state index contributed by atoms with van der Waals surface area (Å²) in [5, 5.41) is 12.8. The minimum Gasteiger partial charge on any atom is -0.467 e. The highest BCUT2D eigenvalue weighted by Gasteiger charge is 2.23. The van der Waals surface area contributed by atoms with Gasteiger partial charge in [0.25, 0.3) is 0 Å². The molecule has 1 aliphatic rings. The zero-order chi connectivity index (χ0) is 20.9. The van der Waals surface area contributed by atoms with E-state index in [2.05, 4.69) is 41.5 Å². The minimum atomic E-state index is 0.0587. The Morgan fingerprint density at radius 2 is 2.10 bits per heavy atom. The van der Waals surface area contributed by atoms with Crippen molar-refractivity contribution < 1.29 is 9.21 Å². The Balaban J connectivity index is 1.50. The summed E-state index contributed by atoms with van der Waals surface area (Å²) in [6.45, 7) is 4.81. The van der Waals surface area contributed by atoms with E-state index < -0.39 is 0 Å². The number of nitrogens with one attached hydrogen (secondary N) is 1. The number of thioether (sulfide) groups is 1. The summed E-state index contributed by atoms with van der Waals surface area (Å²) in [7, 11) is 0. The minimum absolute atomic E-state index is 0.0587. The number of hydrogen-bond acceptors (Lipinski definition) is 5. The van der Waals surface area contributed by atoms with E-state index in [1.807, 2.05) is 28.8 Å². The number of nitrogens with zero attached hydrogens (tertiary/aromatic N) is 3. The highest BCUT2D eigenvalue weighted by Crippen LogP contribution is 2.27. The number of hydrogen-bond donors (Lipinski definition) is 1. The van der Waals surface area contributed by atoms with E-state index in [1.54, 1.807) is 6.26 Å². The number of rotatable bonds is 7. The summed E-state index contributed by atoms with van der Waals surface area (Å²) in [4.78, 5) is 12.6. The molecule has 4 rings (SSSR count). The largest absolute Gasteiger partial charge is 0.467 e. The number of carbonyl (C=O) groups is 1. The van der Waals surface area contributed by atoms with Crippen LogP contribution in [0.5, 0.6) is 0 Å². The smallest absolute Gasteiger partial charge is 0.230 e. The van der Waals surface area contributed by atoms with Crippen LogP contribution in [0.25, 0.3) is 11.4 Å². The van der Waals surface area contributed by atoms with Gasteiger partial charge < -0.3 is 9.73 Å². The highest BCUT2D eigenvalue weighted by atomic mass is 32.2. The van der Waals surface area contributed by atoms with Crippen LogP contribution in [0.1, 0.15) is 43.9 Å². The first-order valence-electron chi connectivity index (χ1n) is 10.5. The van der Waals surface area contributed by atoms with Crippen molar-refractivity contribution in [3.63, 3.8) is 0 Å². The van der Waals surface area contributed by atoms with E-state index in [0.717, 1.165) is 34.3 Å². The van der Waals surface area contributed by atoms with E-state index in [-0.39, 0.29) is 11.9 Å². The predicted molar refractivity (Wildman–Crippen MR) is 118 cm³/mol. The van der Waals surface area contributed by atoms with Gasteiger partial charge in [0.05, 0.1) is 18.6 Å². The third kappa shape index (κ3) is 4.95. The number of benzene rings is 1. The number of amides is 1. The van der Waals surface area contributed by atoms with Crippen molar-refractivity contribution in [3.05, 3.63) is 54.0 Å². The Labute approximate surface area is 181 Å². The first-order valence-corrected chi connectivity index (χ1v) is 11.5. The van der Waals surface area contributed by atoms with Crippen molar-refractivity contribution in [1.82, 2.24) is 20.1 Å². The standard InChI is InChI=1S/C23H28N4O2S/c1-16-7-5-9-18(13-16)22-25-26-23(27(22)14-19-10-6-12-29-19)30-15-21(28)24-20-11-4-3-8-17(20)2/h5-7,9-10,12-13,17,20H,3-4,8,11,14-15H2,1-2H3,(H,24,28)/t17-,20-/m1/s1. The second-order valence-electron chi connectivity index (χ2n) is 8.07. The monoisotopic (exact) mass is 424 g/mol. The summed E-state index contributed by atoms with van der Waals surface area (Å²) in [6.07, 6.45) is 6.39. The third-order valence-corrected chi connectivity index (χ3v) is 6.64. The van der Waals surface area contributed by atoms with Gasteiger partial charge in [0.15, 0.2) is 11.0 Å². The molecule has 6 nitrogen and oxygen atoms in total. The predicted octanol–water partition coefficient (Wildman–Crippen LogP) is 4.68. The number of aromatic nitrogens is 3. The Morgan fingerprint density at radius 1 is 1.23 bits per heavy atom. The molecule has 1 amide bonds. The molecule has 158 valence electrons. The van der Waals surface area contributed by atoms with Crippen LogP contribution in [0.15, 0.2) is 52.2 Å². The molecule has 1 aromatic carbocycles. The molecule has 0 saturated heterocycles. The molecule has 0 unspecified atom stereocenters. The lowest BCUT2D eigenvalue weighted by Crippen LogP contribution is -2.41. The van der Waals surface area contributed by atoms with E-state index in [0.29, 0.717) is 18.2 Å². The average Bonchev–Trinajstić information content (AvgIpc) is 3.39. The van der Waals surface area contributed by atoms with Gasteiger partial charge >= 0.3 is 0 Å². The molecule has 0 spiro atoms. The molecule has 1 saturated carbocycles. The molecule has 30 heavy (non-hydrogen) atoms. The molecular formula is C23H28N4O2S. The topological polar surface area (TPSA) is 73.0 Å². The molecule has 2 atom stereocenters. The van der Waals surface area contributed by atoms with E-state index >= 15 is 0 Å². The van der Waals surface area contributed by atoms with Crippen molar-refractivity contribution in [2.24, 2.45) is 5.92 Å². The Morgan fingerprint density at radius 3 is 2.87 bits per heavy atom. The molecular weight excluding hydrogens is 396 g/mol. The fourth-order valence-corrected chi connectivity index (χ4v) is 4.75. The van der Waals surface area contributed by atoms with Gasteiger partial charge in [0.2, 0.25) is 5.91 Å². The number of aryl methyl sites for hydroxylation is 1. The van der Waals surface area contributed by atoms with Crippen LogP contribution in [0.2, 0.25) is 0 Å². The molecule has 2 heterocycles. The number of furan rings is 1. The molecule has 0 bridgehead atoms. The second kappa shape index (κ2) is 9.51. The molecule has 0 aliphatic heterocycles. The Kier molecular flexibility index (Phi) is 6.57. The van der Waals surface area contributed by atoms with Crippen LogP contribution in [0.3, 0.4) is 0 Å². The Bertz CT molecular complexity index is 983. The maximum absolute atomic E-state index is 12.6. The van der Waals surface area contributed by atoms with Gasteiger partial charge in [-0.05, 0) is 43.9 Å². The summed E-state index contributed by atoms with van der Waals surface area (Å²) in [5.74, 6) is 2.53. The maximum Gasteiger partial charge on any atom is 0.230 e. The van der Waals surface area contributed by atoms with Gasteiger partial charge in [-0.25, -0.2) is 0 Å². The SMILES string of the molecule is Cc1cccc(-c2nnc(SCC(=O)N[C@@H]3CCCC[C@H]3C)n2Cc2ccco2)c1. The average molecular weight is 425 g/mol. The van der Waals surface area contributed by atoms with Crippen molar-refractivity contribution in [2.75, 3.05) is 5.75 Å². The van der Waals surface area contributed by atoms with E-state index in [4.69, 9.17) is 4.42 Å². The van der Waals surface area contributed by atoms with Crippen molar-refractivity contribution in [3.8, 4) is 11.4 Å². The summed E-state index contributed by atoms with van der Waals surface area (Å²) in [6, 6.07) is 12.3. The van der Waals surface area contributed by atoms with Crippen LogP contribution < -0.4 is 5.32 Å². The van der Waals surface area contributed by atoms with E-state index in [9.17, 15) is 4.79 Å². The quantitative estimate of drug-likeness (QED) is 0.558. The first kappa shape index (κ1) is 20.7. The van der Waals surface area contributed by atoms with Gasteiger partial charge in [-0.1, -0.05) is 55.3 Å². The third-order valence-electron chi connectivity index (χ3n) is 5.68. The van der Waals surface area contributed by atoms with Crippen LogP contribution in [0.4, 0.5) is 0 Å².